The zero-order valence-electron chi connectivity index (χ0n) is 8.61. The summed E-state index contributed by atoms with van der Waals surface area (Å²) in [6, 6.07) is 1.67. The number of aromatic nitrogens is 2. The second-order valence-electron chi connectivity index (χ2n) is 2.80. The van der Waals surface area contributed by atoms with Crippen molar-refractivity contribution < 1.29 is 14.3 Å². The average molecular weight is 198 g/mol. The maximum absolute atomic E-state index is 11.3. The van der Waals surface area contributed by atoms with Gasteiger partial charge in [-0.1, -0.05) is 0 Å². The van der Waals surface area contributed by atoms with Gasteiger partial charge in [0.05, 0.1) is 18.9 Å². The third-order valence-electron chi connectivity index (χ3n) is 1.75. The van der Waals surface area contributed by atoms with Gasteiger partial charge in [-0.05, 0) is 13.0 Å². The fraction of sp³-hybridized carbons (Fsp3) is 0.556. The molecular weight excluding hydrogens is 184 g/mol. The maximum atomic E-state index is 11.3. The number of nitrogens with zero attached hydrogens (tertiary/aromatic N) is 2. The predicted octanol–water partition coefficient (Wildman–Crippen LogP) is 0.743. The van der Waals surface area contributed by atoms with Crippen LogP contribution in [-0.4, -0.2) is 29.5 Å². The Kier molecular flexibility index (Phi) is 3.64. The number of hydrogen-bond donors (Lipinski definition) is 0. The van der Waals surface area contributed by atoms with E-state index in [0.717, 1.165) is 5.69 Å². The minimum Gasteiger partial charge on any atom is -0.461 e. The van der Waals surface area contributed by atoms with Gasteiger partial charge in [0.1, 0.15) is 0 Å². The van der Waals surface area contributed by atoms with E-state index in [9.17, 15) is 4.79 Å². The summed E-state index contributed by atoms with van der Waals surface area (Å²) in [5.74, 6) is -0.398. The standard InChI is InChI=1S/C9H14N2O3/c1-4-14-9(12)8-5-7(6-13-3)11(2)10-8/h5H,4,6H2,1-3H3. The van der Waals surface area contributed by atoms with E-state index in [-0.39, 0.29) is 0 Å². The summed E-state index contributed by atoms with van der Waals surface area (Å²) in [5.41, 5.74) is 1.16. The molecule has 0 radical (unpaired) electrons. The quantitative estimate of drug-likeness (QED) is 0.670. The number of carbonyl (C=O) groups is 1. The highest BCUT2D eigenvalue weighted by molar-refractivity contribution is 5.87. The summed E-state index contributed by atoms with van der Waals surface area (Å²) >= 11 is 0. The largest absolute Gasteiger partial charge is 0.461 e. The molecule has 0 bridgehead atoms. The van der Waals surface area contributed by atoms with Crippen molar-refractivity contribution in [3.63, 3.8) is 0 Å². The molecule has 14 heavy (non-hydrogen) atoms. The highest BCUT2D eigenvalue weighted by atomic mass is 16.5. The molecule has 1 aromatic rings. The Morgan fingerprint density at radius 3 is 2.93 bits per heavy atom. The number of rotatable bonds is 4. The maximum Gasteiger partial charge on any atom is 0.358 e. The van der Waals surface area contributed by atoms with Gasteiger partial charge in [0.2, 0.25) is 0 Å². The van der Waals surface area contributed by atoms with E-state index in [1.165, 1.54) is 0 Å². The van der Waals surface area contributed by atoms with Crippen LogP contribution in [0, 0.1) is 0 Å². The van der Waals surface area contributed by atoms with Gasteiger partial charge in [-0.15, -0.1) is 0 Å². The molecule has 0 aliphatic rings. The van der Waals surface area contributed by atoms with Gasteiger partial charge < -0.3 is 9.47 Å². The molecule has 0 aliphatic heterocycles. The fourth-order valence-corrected chi connectivity index (χ4v) is 1.09. The summed E-state index contributed by atoms with van der Waals surface area (Å²) in [6.07, 6.45) is 0. The molecule has 0 unspecified atom stereocenters. The Morgan fingerprint density at radius 2 is 2.36 bits per heavy atom. The zero-order chi connectivity index (χ0) is 10.6. The molecule has 0 N–H and O–H groups in total. The Morgan fingerprint density at radius 1 is 1.64 bits per heavy atom. The predicted molar refractivity (Wildman–Crippen MR) is 49.9 cm³/mol. The van der Waals surface area contributed by atoms with Crippen LogP contribution in [-0.2, 0) is 23.1 Å². The van der Waals surface area contributed by atoms with Crippen molar-refractivity contribution in [2.24, 2.45) is 7.05 Å². The molecule has 0 aromatic carbocycles. The minimum absolute atomic E-state index is 0.321. The normalized spacial score (nSPS) is 10.2. The van der Waals surface area contributed by atoms with E-state index in [1.807, 2.05) is 0 Å². The number of hydrogen-bond acceptors (Lipinski definition) is 4. The third kappa shape index (κ3) is 2.32. The van der Waals surface area contributed by atoms with Crippen LogP contribution in [0.2, 0.25) is 0 Å². The molecule has 0 saturated heterocycles. The van der Waals surface area contributed by atoms with Crippen LogP contribution >= 0.6 is 0 Å². The van der Waals surface area contributed by atoms with Crippen molar-refractivity contribution in [1.82, 2.24) is 9.78 Å². The Balaban J connectivity index is 2.79. The first kappa shape index (κ1) is 10.7. The summed E-state index contributed by atoms with van der Waals surface area (Å²) in [6.45, 7) is 2.55. The van der Waals surface area contributed by atoms with Crippen LogP contribution in [0.3, 0.4) is 0 Å². The van der Waals surface area contributed by atoms with Gasteiger partial charge in [-0.3, -0.25) is 4.68 Å². The lowest BCUT2D eigenvalue weighted by atomic mass is 10.3. The van der Waals surface area contributed by atoms with E-state index in [2.05, 4.69) is 5.10 Å². The van der Waals surface area contributed by atoms with Crippen LogP contribution in [0.25, 0.3) is 0 Å². The molecule has 0 atom stereocenters. The lowest BCUT2D eigenvalue weighted by Gasteiger charge is -1.97. The van der Waals surface area contributed by atoms with E-state index < -0.39 is 5.97 Å². The van der Waals surface area contributed by atoms with E-state index >= 15 is 0 Å². The minimum atomic E-state index is -0.398. The molecular formula is C9H14N2O3. The zero-order valence-corrected chi connectivity index (χ0v) is 8.61. The lowest BCUT2D eigenvalue weighted by molar-refractivity contribution is 0.0518. The summed E-state index contributed by atoms with van der Waals surface area (Å²) in [4.78, 5) is 11.3. The van der Waals surface area contributed by atoms with Gasteiger partial charge in [-0.25, -0.2) is 4.79 Å². The molecule has 0 spiro atoms. The molecule has 1 rings (SSSR count). The van der Waals surface area contributed by atoms with Gasteiger partial charge in [0.25, 0.3) is 0 Å². The number of ether oxygens (including phenoxy) is 2. The van der Waals surface area contributed by atoms with E-state index in [4.69, 9.17) is 9.47 Å². The fourth-order valence-electron chi connectivity index (χ4n) is 1.09. The second-order valence-corrected chi connectivity index (χ2v) is 2.80. The topological polar surface area (TPSA) is 53.4 Å². The SMILES string of the molecule is CCOC(=O)c1cc(COC)n(C)n1. The summed E-state index contributed by atoms with van der Waals surface area (Å²) in [7, 11) is 3.36. The molecule has 5 heteroatoms. The number of esters is 1. The molecule has 1 heterocycles. The first-order chi connectivity index (χ1) is 6.69. The van der Waals surface area contributed by atoms with Crippen molar-refractivity contribution >= 4 is 5.97 Å². The van der Waals surface area contributed by atoms with Gasteiger partial charge in [0.15, 0.2) is 5.69 Å². The number of methoxy groups -OCH3 is 1. The van der Waals surface area contributed by atoms with E-state index in [1.54, 1.807) is 31.8 Å². The number of aryl methyl sites for hydroxylation is 1. The van der Waals surface area contributed by atoms with Crippen molar-refractivity contribution in [2.75, 3.05) is 13.7 Å². The summed E-state index contributed by atoms with van der Waals surface area (Å²) in [5, 5.41) is 4.01. The first-order valence-corrected chi connectivity index (χ1v) is 4.38. The summed E-state index contributed by atoms with van der Waals surface area (Å²) < 4.78 is 11.4. The van der Waals surface area contributed by atoms with Crippen LogP contribution in [0.15, 0.2) is 6.07 Å². The van der Waals surface area contributed by atoms with Gasteiger partial charge >= 0.3 is 5.97 Å². The lowest BCUT2D eigenvalue weighted by Crippen LogP contribution is -2.06. The third-order valence-corrected chi connectivity index (χ3v) is 1.75. The van der Waals surface area contributed by atoms with Crippen LogP contribution in [0.4, 0.5) is 0 Å². The molecule has 0 fully saturated rings. The van der Waals surface area contributed by atoms with E-state index in [0.29, 0.717) is 18.9 Å². The molecule has 0 amide bonds. The Bertz CT molecular complexity index is 320. The number of carbonyl (C=O) groups excluding carboxylic acids is 1. The second kappa shape index (κ2) is 4.76. The average Bonchev–Trinajstić information content (AvgIpc) is 2.49. The van der Waals surface area contributed by atoms with Crippen LogP contribution in [0.1, 0.15) is 23.1 Å². The monoisotopic (exact) mass is 198 g/mol. The van der Waals surface area contributed by atoms with Crippen molar-refractivity contribution in [3.8, 4) is 0 Å². The van der Waals surface area contributed by atoms with Crippen LogP contribution in [0.5, 0.6) is 0 Å². The first-order valence-electron chi connectivity index (χ1n) is 4.38. The highest BCUT2D eigenvalue weighted by Gasteiger charge is 2.12. The van der Waals surface area contributed by atoms with Crippen molar-refractivity contribution in [3.05, 3.63) is 17.5 Å². The van der Waals surface area contributed by atoms with Crippen molar-refractivity contribution in [1.29, 1.82) is 0 Å². The van der Waals surface area contributed by atoms with Crippen LogP contribution < -0.4 is 0 Å². The Labute approximate surface area is 82.6 Å². The van der Waals surface area contributed by atoms with Crippen molar-refractivity contribution in [2.45, 2.75) is 13.5 Å². The molecule has 0 aliphatic carbocycles. The van der Waals surface area contributed by atoms with Gasteiger partial charge in [0, 0.05) is 14.2 Å². The Hall–Kier alpha value is -1.36. The molecule has 5 nitrogen and oxygen atoms in total. The molecule has 0 saturated carbocycles. The molecule has 1 aromatic heterocycles. The highest BCUT2D eigenvalue weighted by Crippen LogP contribution is 2.05. The molecule has 78 valence electrons. The smallest absolute Gasteiger partial charge is 0.358 e. The van der Waals surface area contributed by atoms with Gasteiger partial charge in [-0.2, -0.15) is 5.10 Å².